The van der Waals surface area contributed by atoms with Gasteiger partial charge in [-0.3, -0.25) is 0 Å². The molecule has 0 unspecified atom stereocenters. The Kier molecular flexibility index (Phi) is 36.3. The molecule has 4 aliphatic rings. The molecule has 2 aromatic rings. The normalized spacial score (nSPS) is 14.8. The molecule has 3 heteroatoms. The standard InChI is InChI=1S/C31H37N.C11H17N.C7H14.C4H11N.C2H6.3C2H4/c1-22(2)26-13-16-30-27(21-26)9-6-10-29(24-7-4-5-8-24)31(30)25-11-14-28(15-12-25)32-19-17-23(3)18-20-32;1-8-5-9(2)11(6-8)7-10(3)12-4;1-4-5-6-7(2)3;1-3-5-4-2;4*1-2/h7,11-16,21,23H,1,4-6,8-10,17-20H2,2-3H3;6,12H,3,5,7H2,1-2,4H3;4,7H,1,5-6H2,2-3H3;5H,3-4H2,1-2H3;1-2H3;3*1-2H2. The summed E-state index contributed by atoms with van der Waals surface area (Å²) < 4.78 is 0. The number of aryl methyl sites for hydroxylation is 1. The lowest BCUT2D eigenvalue weighted by Crippen LogP contribution is -2.32. The van der Waals surface area contributed by atoms with Crippen LogP contribution in [-0.4, -0.2) is 33.2 Å². The minimum atomic E-state index is 0.831. The van der Waals surface area contributed by atoms with Gasteiger partial charge in [0.1, 0.15) is 0 Å². The largest absolute Gasteiger partial charge is 0.392 e. The van der Waals surface area contributed by atoms with Crippen LogP contribution in [0.4, 0.5) is 5.69 Å². The van der Waals surface area contributed by atoms with Gasteiger partial charge < -0.3 is 15.5 Å². The van der Waals surface area contributed by atoms with E-state index in [0.717, 1.165) is 61.9 Å². The van der Waals surface area contributed by atoms with Gasteiger partial charge in [0.15, 0.2) is 0 Å². The number of hydrogen-bond acceptors (Lipinski definition) is 3. The molecule has 3 aliphatic carbocycles. The maximum absolute atomic E-state index is 4.19. The molecule has 0 radical (unpaired) electrons. The average Bonchev–Trinajstić information content (AvgIpc) is 3.93. The quantitative estimate of drug-likeness (QED) is 0.208. The molecule has 0 bridgehead atoms. The van der Waals surface area contributed by atoms with E-state index in [1.54, 1.807) is 11.1 Å². The lowest BCUT2D eigenvalue weighted by Gasteiger charge is -2.32. The van der Waals surface area contributed by atoms with E-state index in [1.807, 2.05) is 27.0 Å². The minimum absolute atomic E-state index is 0.831. The first-order valence-corrected chi connectivity index (χ1v) is 24.5. The van der Waals surface area contributed by atoms with E-state index in [-0.39, 0.29) is 0 Å². The zero-order chi connectivity index (χ0) is 49.0. The van der Waals surface area contributed by atoms with E-state index in [1.165, 1.54) is 115 Å². The van der Waals surface area contributed by atoms with Gasteiger partial charge in [-0.15, -0.1) is 46.1 Å². The van der Waals surface area contributed by atoms with Crippen LogP contribution >= 0.6 is 0 Å². The van der Waals surface area contributed by atoms with Crippen molar-refractivity contribution in [2.24, 2.45) is 11.8 Å². The second-order valence-electron chi connectivity index (χ2n) is 16.9. The number of rotatable bonds is 12. The molecule has 0 spiro atoms. The third-order valence-electron chi connectivity index (χ3n) is 11.5. The number of anilines is 1. The highest BCUT2D eigenvalue weighted by molar-refractivity contribution is 5.87. The summed E-state index contributed by atoms with van der Waals surface area (Å²) in [6, 6.07) is 16.6. The first-order chi connectivity index (χ1) is 30.9. The molecule has 0 amide bonds. The molecule has 3 nitrogen and oxygen atoms in total. The van der Waals surface area contributed by atoms with Crippen LogP contribution in [0.1, 0.15) is 162 Å². The Morgan fingerprint density at radius 3 is 1.91 bits per heavy atom. The lowest BCUT2D eigenvalue weighted by molar-refractivity contribution is 0.438. The van der Waals surface area contributed by atoms with Crippen molar-refractivity contribution in [1.82, 2.24) is 10.6 Å². The predicted octanol–water partition coefficient (Wildman–Crippen LogP) is 17.6. The van der Waals surface area contributed by atoms with E-state index in [0.29, 0.717) is 0 Å². The fraction of sp³-hybridized carbons (Fsp3) is 0.475. The molecular weight excluding hydrogens is 775 g/mol. The van der Waals surface area contributed by atoms with Crippen molar-refractivity contribution in [3.63, 3.8) is 0 Å². The zero-order valence-corrected chi connectivity index (χ0v) is 43.6. The first kappa shape index (κ1) is 61.5. The molecule has 2 N–H and O–H groups in total. The fourth-order valence-electron chi connectivity index (χ4n) is 7.98. The van der Waals surface area contributed by atoms with Gasteiger partial charge in [0, 0.05) is 37.9 Å². The Labute approximate surface area is 397 Å². The topological polar surface area (TPSA) is 27.3 Å². The number of benzene rings is 2. The summed E-state index contributed by atoms with van der Waals surface area (Å²) in [6.45, 7) is 55.8. The molecule has 1 aliphatic heterocycles. The predicted molar refractivity (Wildman–Crippen MR) is 297 cm³/mol. The van der Waals surface area contributed by atoms with Crippen LogP contribution in [0.25, 0.3) is 11.1 Å². The van der Waals surface area contributed by atoms with Crippen molar-refractivity contribution in [3.8, 4) is 0 Å². The van der Waals surface area contributed by atoms with E-state index in [2.05, 4.69) is 185 Å². The molecular formula is C61H97N3. The van der Waals surface area contributed by atoms with Crippen LogP contribution in [0.2, 0.25) is 0 Å². The number of fused-ring (bicyclic) bond motifs is 1. The summed E-state index contributed by atoms with van der Waals surface area (Å²) in [5.41, 5.74) is 18.3. The Morgan fingerprint density at radius 1 is 0.859 bits per heavy atom. The molecule has 1 saturated heterocycles. The molecule has 356 valence electrons. The van der Waals surface area contributed by atoms with Crippen molar-refractivity contribution in [2.75, 3.05) is 38.1 Å². The number of allylic oxidation sites excluding steroid dienone is 9. The third-order valence-corrected chi connectivity index (χ3v) is 11.5. The summed E-state index contributed by atoms with van der Waals surface area (Å²) in [6.07, 6.45) is 21.3. The second kappa shape index (κ2) is 37.7. The summed E-state index contributed by atoms with van der Waals surface area (Å²) >= 11 is 0. The fourth-order valence-corrected chi connectivity index (χ4v) is 7.98. The first-order valence-electron chi connectivity index (χ1n) is 24.5. The van der Waals surface area contributed by atoms with Gasteiger partial charge in [-0.05, 0) is 173 Å². The zero-order valence-electron chi connectivity index (χ0n) is 43.6. The molecule has 0 atom stereocenters. The maximum atomic E-state index is 4.19. The van der Waals surface area contributed by atoms with Crippen LogP contribution in [0.3, 0.4) is 0 Å². The van der Waals surface area contributed by atoms with Crippen molar-refractivity contribution in [1.29, 1.82) is 0 Å². The SMILES string of the molecule is C=C.C=C.C=C.C=C(C)c1ccc2c(c1)CCCC(C1=CCCC1)=C2c1ccc(N2CCC(C)CC2)cc1.C=C(CC1=C(C)CC(C)=C1)NC.C=CCCC(C)C.CC.CCNCC. The van der Waals surface area contributed by atoms with Crippen LogP contribution in [0.15, 0.2) is 153 Å². The maximum Gasteiger partial charge on any atom is 0.0366 e. The number of hydrogen-bond donors (Lipinski definition) is 2. The summed E-state index contributed by atoms with van der Waals surface area (Å²) in [5, 5.41) is 6.18. The molecule has 1 heterocycles. The van der Waals surface area contributed by atoms with E-state index in [4.69, 9.17) is 0 Å². The van der Waals surface area contributed by atoms with Gasteiger partial charge in [0.05, 0.1) is 0 Å². The number of nitrogens with one attached hydrogen (secondary N) is 2. The highest BCUT2D eigenvalue weighted by atomic mass is 15.1. The van der Waals surface area contributed by atoms with E-state index in [9.17, 15) is 0 Å². The van der Waals surface area contributed by atoms with Crippen molar-refractivity contribution < 1.29 is 0 Å². The van der Waals surface area contributed by atoms with Gasteiger partial charge in [-0.1, -0.05) is 127 Å². The monoisotopic (exact) mass is 872 g/mol. The van der Waals surface area contributed by atoms with E-state index >= 15 is 0 Å². The van der Waals surface area contributed by atoms with Gasteiger partial charge in [0.2, 0.25) is 0 Å². The Hall–Kier alpha value is -4.60. The van der Waals surface area contributed by atoms with Crippen molar-refractivity contribution in [3.05, 3.63) is 176 Å². The summed E-state index contributed by atoms with van der Waals surface area (Å²) in [4.78, 5) is 2.57. The Balaban J connectivity index is 0. The Bertz CT molecular complexity index is 1730. The highest BCUT2D eigenvalue weighted by Crippen LogP contribution is 2.42. The van der Waals surface area contributed by atoms with Gasteiger partial charge in [-0.2, -0.15) is 0 Å². The van der Waals surface area contributed by atoms with Crippen molar-refractivity contribution >= 4 is 16.8 Å². The molecule has 64 heavy (non-hydrogen) atoms. The van der Waals surface area contributed by atoms with E-state index < -0.39 is 0 Å². The number of piperidine rings is 1. The molecule has 2 aromatic carbocycles. The van der Waals surface area contributed by atoms with Crippen LogP contribution in [0.5, 0.6) is 0 Å². The van der Waals surface area contributed by atoms with Gasteiger partial charge in [-0.25, -0.2) is 0 Å². The molecule has 0 saturated carbocycles. The highest BCUT2D eigenvalue weighted by Gasteiger charge is 2.23. The van der Waals surface area contributed by atoms with Crippen LogP contribution in [-0.2, 0) is 6.42 Å². The Morgan fingerprint density at radius 2 is 1.47 bits per heavy atom. The summed E-state index contributed by atoms with van der Waals surface area (Å²) in [7, 11) is 1.92. The van der Waals surface area contributed by atoms with Crippen molar-refractivity contribution in [2.45, 2.75) is 146 Å². The lowest BCUT2D eigenvalue weighted by atomic mass is 9.86. The van der Waals surface area contributed by atoms with Crippen LogP contribution < -0.4 is 15.5 Å². The minimum Gasteiger partial charge on any atom is -0.392 e. The summed E-state index contributed by atoms with van der Waals surface area (Å²) in [5.74, 6) is 1.70. The van der Waals surface area contributed by atoms with Gasteiger partial charge >= 0.3 is 0 Å². The number of nitrogens with zero attached hydrogens (tertiary/aromatic N) is 1. The third kappa shape index (κ3) is 22.8. The molecule has 6 rings (SSSR count). The molecule has 1 fully saturated rings. The molecule has 0 aromatic heterocycles. The second-order valence-corrected chi connectivity index (χ2v) is 16.9. The van der Waals surface area contributed by atoms with Crippen LogP contribution in [0, 0.1) is 11.8 Å². The average molecular weight is 872 g/mol. The van der Waals surface area contributed by atoms with Gasteiger partial charge in [0.25, 0.3) is 0 Å². The smallest absolute Gasteiger partial charge is 0.0366 e.